The molecule has 2 unspecified atom stereocenters. The molecule has 2 heterocycles. The number of hydrogen-bond donors (Lipinski definition) is 1. The van der Waals surface area contributed by atoms with Gasteiger partial charge in [-0.1, -0.05) is 5.92 Å². The van der Waals surface area contributed by atoms with Crippen molar-refractivity contribution >= 4 is 6.09 Å². The summed E-state index contributed by atoms with van der Waals surface area (Å²) < 4.78 is 5.52. The number of rotatable bonds is 3. The first-order valence-corrected chi connectivity index (χ1v) is 8.25. The summed E-state index contributed by atoms with van der Waals surface area (Å²) in [4.78, 5) is 18.4. The molecule has 0 spiro atoms. The van der Waals surface area contributed by atoms with E-state index >= 15 is 0 Å². The molecule has 0 bridgehead atoms. The SMILES string of the molecule is C#CC(C)(O)Cc1ccncc1C1CCCN1C(=O)OC(C)(C)C. The van der Waals surface area contributed by atoms with Crippen LogP contribution in [0.25, 0.3) is 0 Å². The van der Waals surface area contributed by atoms with E-state index in [9.17, 15) is 9.90 Å². The molecular formula is C19H26N2O3. The Morgan fingerprint density at radius 3 is 2.83 bits per heavy atom. The Hall–Kier alpha value is -2.06. The van der Waals surface area contributed by atoms with Crippen LogP contribution >= 0.6 is 0 Å². The summed E-state index contributed by atoms with van der Waals surface area (Å²) in [6.07, 6.45) is 10.6. The summed E-state index contributed by atoms with van der Waals surface area (Å²) in [6, 6.07) is 1.75. The van der Waals surface area contributed by atoms with Gasteiger partial charge in [0, 0.05) is 25.4 Å². The summed E-state index contributed by atoms with van der Waals surface area (Å²) in [5.74, 6) is 2.40. The van der Waals surface area contributed by atoms with Gasteiger partial charge in [-0.3, -0.25) is 4.98 Å². The van der Waals surface area contributed by atoms with Crippen LogP contribution in [0.15, 0.2) is 18.5 Å². The fourth-order valence-electron chi connectivity index (χ4n) is 2.95. The average Bonchev–Trinajstić information content (AvgIpc) is 2.95. The van der Waals surface area contributed by atoms with Crippen LogP contribution in [0.3, 0.4) is 0 Å². The fourth-order valence-corrected chi connectivity index (χ4v) is 2.95. The van der Waals surface area contributed by atoms with E-state index < -0.39 is 11.2 Å². The Morgan fingerprint density at radius 1 is 1.50 bits per heavy atom. The van der Waals surface area contributed by atoms with Crippen LogP contribution < -0.4 is 0 Å². The monoisotopic (exact) mass is 330 g/mol. The highest BCUT2D eigenvalue weighted by Gasteiger charge is 2.35. The van der Waals surface area contributed by atoms with Gasteiger partial charge >= 0.3 is 6.09 Å². The van der Waals surface area contributed by atoms with E-state index in [1.165, 1.54) is 0 Å². The Bertz CT molecular complexity index is 641. The van der Waals surface area contributed by atoms with Gasteiger partial charge in [0.05, 0.1) is 6.04 Å². The Balaban J connectivity index is 2.27. The number of hydrogen-bond acceptors (Lipinski definition) is 4. The number of ether oxygens (including phenoxy) is 1. The molecule has 1 N–H and O–H groups in total. The zero-order chi connectivity index (χ0) is 18.0. The summed E-state index contributed by atoms with van der Waals surface area (Å²) in [5.41, 5.74) is 0.0745. The largest absolute Gasteiger partial charge is 0.444 e. The van der Waals surface area contributed by atoms with Crippen LogP contribution in [0, 0.1) is 12.3 Å². The Morgan fingerprint density at radius 2 is 2.21 bits per heavy atom. The van der Waals surface area contributed by atoms with E-state index in [1.807, 2.05) is 26.8 Å². The van der Waals surface area contributed by atoms with Crippen molar-refractivity contribution in [1.82, 2.24) is 9.88 Å². The molecule has 0 aromatic carbocycles. The highest BCUT2D eigenvalue weighted by molar-refractivity contribution is 5.69. The topological polar surface area (TPSA) is 62.7 Å². The molecule has 1 aliphatic heterocycles. The van der Waals surface area contributed by atoms with Gasteiger partial charge in [0.2, 0.25) is 0 Å². The molecule has 1 aromatic rings. The Kier molecular flexibility index (Phi) is 5.19. The molecule has 24 heavy (non-hydrogen) atoms. The summed E-state index contributed by atoms with van der Waals surface area (Å²) in [5, 5.41) is 10.2. The molecular weight excluding hydrogens is 304 g/mol. The van der Waals surface area contributed by atoms with Gasteiger partial charge in [-0.15, -0.1) is 6.42 Å². The molecule has 1 fully saturated rings. The van der Waals surface area contributed by atoms with Gasteiger partial charge < -0.3 is 14.7 Å². The zero-order valence-electron chi connectivity index (χ0n) is 14.9. The standard InChI is InChI=1S/C19H26N2O3/c1-6-19(5,23)12-14-9-10-20-13-15(14)16-8-7-11-21(16)17(22)24-18(2,3)4/h1,9-10,13,16,23H,7-8,11-12H2,2-5H3. The van der Waals surface area contributed by atoms with Gasteiger partial charge in [0.15, 0.2) is 0 Å². The van der Waals surface area contributed by atoms with Crippen molar-refractivity contribution in [2.45, 2.75) is 64.2 Å². The number of carbonyl (C=O) groups excluding carboxylic acids is 1. The van der Waals surface area contributed by atoms with Crippen LogP contribution in [0.5, 0.6) is 0 Å². The number of nitrogens with zero attached hydrogens (tertiary/aromatic N) is 2. The van der Waals surface area contributed by atoms with Gasteiger partial charge in [0.1, 0.15) is 11.2 Å². The first-order chi connectivity index (χ1) is 11.1. The second-order valence-corrected chi connectivity index (χ2v) is 7.50. The molecule has 2 atom stereocenters. The maximum atomic E-state index is 12.5. The normalized spacial score (nSPS) is 20.3. The predicted molar refractivity (Wildman–Crippen MR) is 92.3 cm³/mol. The van der Waals surface area contributed by atoms with Crippen molar-refractivity contribution in [2.24, 2.45) is 0 Å². The minimum absolute atomic E-state index is 0.0999. The van der Waals surface area contributed by atoms with Crippen LogP contribution in [-0.2, 0) is 11.2 Å². The van der Waals surface area contributed by atoms with Crippen molar-refractivity contribution < 1.29 is 14.6 Å². The van der Waals surface area contributed by atoms with Crippen molar-refractivity contribution in [3.63, 3.8) is 0 Å². The number of aromatic nitrogens is 1. The first kappa shape index (κ1) is 18.3. The third-order valence-electron chi connectivity index (χ3n) is 4.03. The third-order valence-corrected chi connectivity index (χ3v) is 4.03. The highest BCUT2D eigenvalue weighted by Crippen LogP contribution is 2.35. The lowest BCUT2D eigenvalue weighted by atomic mass is 9.91. The van der Waals surface area contributed by atoms with Gasteiger partial charge in [-0.05, 0) is 57.7 Å². The maximum Gasteiger partial charge on any atom is 0.410 e. The molecule has 5 heteroatoms. The number of likely N-dealkylation sites (tertiary alicyclic amines) is 1. The highest BCUT2D eigenvalue weighted by atomic mass is 16.6. The lowest BCUT2D eigenvalue weighted by molar-refractivity contribution is 0.0223. The van der Waals surface area contributed by atoms with E-state index in [0.29, 0.717) is 13.0 Å². The Labute approximate surface area is 144 Å². The number of carbonyl (C=O) groups is 1. The molecule has 0 aliphatic carbocycles. The molecule has 0 radical (unpaired) electrons. The average molecular weight is 330 g/mol. The third kappa shape index (κ3) is 4.48. The van der Waals surface area contributed by atoms with Crippen molar-refractivity contribution in [1.29, 1.82) is 0 Å². The van der Waals surface area contributed by atoms with Crippen LogP contribution in [0.2, 0.25) is 0 Å². The summed E-state index contributed by atoms with van der Waals surface area (Å²) in [6.45, 7) is 7.83. The van der Waals surface area contributed by atoms with Gasteiger partial charge in [-0.2, -0.15) is 0 Å². The minimum Gasteiger partial charge on any atom is -0.444 e. The van der Waals surface area contributed by atoms with Crippen molar-refractivity contribution in [2.75, 3.05) is 6.54 Å². The van der Waals surface area contributed by atoms with E-state index in [1.54, 1.807) is 24.2 Å². The van der Waals surface area contributed by atoms with Gasteiger partial charge in [-0.25, -0.2) is 4.79 Å². The molecule has 1 aliphatic rings. The second-order valence-electron chi connectivity index (χ2n) is 7.50. The van der Waals surface area contributed by atoms with Crippen LogP contribution in [0.4, 0.5) is 4.79 Å². The molecule has 5 nitrogen and oxygen atoms in total. The van der Waals surface area contributed by atoms with E-state index in [4.69, 9.17) is 11.2 Å². The van der Waals surface area contributed by atoms with Gasteiger partial charge in [0.25, 0.3) is 0 Å². The predicted octanol–water partition coefficient (Wildman–Crippen LogP) is 3.08. The molecule has 130 valence electrons. The van der Waals surface area contributed by atoms with E-state index in [-0.39, 0.29) is 12.1 Å². The van der Waals surface area contributed by atoms with Crippen molar-refractivity contribution in [3.05, 3.63) is 29.6 Å². The number of aliphatic hydroxyl groups is 1. The number of terminal acetylenes is 1. The molecule has 1 amide bonds. The van der Waals surface area contributed by atoms with Crippen molar-refractivity contribution in [3.8, 4) is 12.3 Å². The fraction of sp³-hybridized carbons (Fsp3) is 0.579. The molecule has 0 saturated carbocycles. The number of pyridine rings is 1. The van der Waals surface area contributed by atoms with E-state index in [0.717, 1.165) is 24.0 Å². The second kappa shape index (κ2) is 6.82. The molecule has 2 rings (SSSR count). The number of amides is 1. The minimum atomic E-state index is -1.23. The molecule has 1 saturated heterocycles. The summed E-state index contributed by atoms with van der Waals surface area (Å²) in [7, 11) is 0. The smallest absolute Gasteiger partial charge is 0.410 e. The van der Waals surface area contributed by atoms with Crippen LogP contribution in [-0.4, -0.2) is 38.8 Å². The summed E-state index contributed by atoms with van der Waals surface area (Å²) >= 11 is 0. The molecule has 1 aromatic heterocycles. The quantitative estimate of drug-likeness (QED) is 0.865. The lowest BCUT2D eigenvalue weighted by Gasteiger charge is -2.30. The lowest BCUT2D eigenvalue weighted by Crippen LogP contribution is -2.37. The first-order valence-electron chi connectivity index (χ1n) is 8.25. The van der Waals surface area contributed by atoms with Crippen LogP contribution in [0.1, 0.15) is 57.7 Å². The maximum absolute atomic E-state index is 12.5. The zero-order valence-corrected chi connectivity index (χ0v) is 14.9. The van der Waals surface area contributed by atoms with E-state index in [2.05, 4.69) is 10.9 Å².